The van der Waals surface area contributed by atoms with Gasteiger partial charge in [0.2, 0.25) is 5.89 Å². The van der Waals surface area contributed by atoms with E-state index in [1.165, 1.54) is 0 Å². The van der Waals surface area contributed by atoms with Crippen LogP contribution in [0.5, 0.6) is 0 Å². The molecule has 0 amide bonds. The standard InChI is InChI=1S/C16H16N4O/c1-9-2-3-11-8-12(6-7-13(11)18-9)14(17)15-19-16(21-20-15)10-4-5-10/h2-3,6-8,10,14H,4-5,17H2,1H3. The predicted molar refractivity (Wildman–Crippen MR) is 78.8 cm³/mol. The zero-order valence-electron chi connectivity index (χ0n) is 11.8. The van der Waals surface area contributed by atoms with E-state index in [9.17, 15) is 0 Å². The molecule has 2 N–H and O–H groups in total. The quantitative estimate of drug-likeness (QED) is 0.798. The summed E-state index contributed by atoms with van der Waals surface area (Å²) in [7, 11) is 0. The molecular formula is C16H16N4O. The van der Waals surface area contributed by atoms with Gasteiger partial charge in [0.25, 0.3) is 0 Å². The molecule has 1 unspecified atom stereocenters. The Balaban J connectivity index is 1.68. The first-order chi connectivity index (χ1) is 10.2. The fourth-order valence-corrected chi connectivity index (χ4v) is 2.46. The average molecular weight is 280 g/mol. The third-order valence-corrected chi connectivity index (χ3v) is 3.87. The van der Waals surface area contributed by atoms with E-state index in [1.54, 1.807) is 0 Å². The molecule has 3 aromatic rings. The van der Waals surface area contributed by atoms with Crippen molar-refractivity contribution in [2.24, 2.45) is 5.73 Å². The highest BCUT2D eigenvalue weighted by molar-refractivity contribution is 5.79. The molecule has 1 atom stereocenters. The normalized spacial score (nSPS) is 16.3. The summed E-state index contributed by atoms with van der Waals surface area (Å²) in [5.41, 5.74) is 9.21. The van der Waals surface area contributed by atoms with Crippen LogP contribution in [0.1, 0.15) is 47.8 Å². The van der Waals surface area contributed by atoms with Crippen molar-refractivity contribution in [2.45, 2.75) is 31.7 Å². The molecule has 0 aliphatic heterocycles. The number of nitrogens with two attached hydrogens (primary N) is 1. The Morgan fingerprint density at radius 2 is 2.05 bits per heavy atom. The fraction of sp³-hybridized carbons (Fsp3) is 0.312. The van der Waals surface area contributed by atoms with Gasteiger partial charge >= 0.3 is 0 Å². The molecule has 0 radical (unpaired) electrons. The van der Waals surface area contributed by atoms with Crippen LogP contribution in [0.25, 0.3) is 10.9 Å². The molecule has 5 heteroatoms. The third-order valence-electron chi connectivity index (χ3n) is 3.87. The summed E-state index contributed by atoms with van der Waals surface area (Å²) in [6.07, 6.45) is 2.27. The van der Waals surface area contributed by atoms with Crippen molar-refractivity contribution in [3.05, 3.63) is 53.3 Å². The molecule has 21 heavy (non-hydrogen) atoms. The number of pyridine rings is 1. The molecule has 1 aliphatic rings. The fourth-order valence-electron chi connectivity index (χ4n) is 2.46. The molecule has 5 nitrogen and oxygen atoms in total. The van der Waals surface area contributed by atoms with Gasteiger partial charge in [-0.3, -0.25) is 4.98 Å². The van der Waals surface area contributed by atoms with Gasteiger partial charge in [-0.1, -0.05) is 17.3 Å². The maximum Gasteiger partial charge on any atom is 0.229 e. The number of rotatable bonds is 3. The summed E-state index contributed by atoms with van der Waals surface area (Å²) < 4.78 is 5.28. The van der Waals surface area contributed by atoms with E-state index < -0.39 is 0 Å². The van der Waals surface area contributed by atoms with Crippen LogP contribution in [-0.4, -0.2) is 15.1 Å². The van der Waals surface area contributed by atoms with Crippen LogP contribution >= 0.6 is 0 Å². The summed E-state index contributed by atoms with van der Waals surface area (Å²) in [6.45, 7) is 1.98. The lowest BCUT2D eigenvalue weighted by Gasteiger charge is -2.08. The van der Waals surface area contributed by atoms with E-state index in [4.69, 9.17) is 10.3 Å². The third kappa shape index (κ3) is 2.29. The summed E-state index contributed by atoms with van der Waals surface area (Å²) in [4.78, 5) is 8.92. The second kappa shape index (κ2) is 4.63. The van der Waals surface area contributed by atoms with Gasteiger partial charge in [0.1, 0.15) is 0 Å². The van der Waals surface area contributed by atoms with Gasteiger partial charge in [0, 0.05) is 17.0 Å². The summed E-state index contributed by atoms with van der Waals surface area (Å²) in [5.74, 6) is 1.72. The number of aromatic nitrogens is 3. The maximum atomic E-state index is 6.27. The molecule has 1 aliphatic carbocycles. The Morgan fingerprint density at radius 3 is 2.86 bits per heavy atom. The van der Waals surface area contributed by atoms with Gasteiger partial charge in [0.05, 0.1) is 11.6 Å². The van der Waals surface area contributed by atoms with E-state index in [1.807, 2.05) is 31.2 Å². The predicted octanol–water partition coefficient (Wildman–Crippen LogP) is 2.85. The monoisotopic (exact) mass is 280 g/mol. The van der Waals surface area contributed by atoms with E-state index in [-0.39, 0.29) is 6.04 Å². The van der Waals surface area contributed by atoms with Crippen molar-refractivity contribution in [1.82, 2.24) is 15.1 Å². The smallest absolute Gasteiger partial charge is 0.229 e. The maximum absolute atomic E-state index is 6.27. The van der Waals surface area contributed by atoms with Crippen LogP contribution in [0.15, 0.2) is 34.9 Å². The van der Waals surface area contributed by atoms with Crippen LogP contribution in [0.3, 0.4) is 0 Å². The molecule has 2 heterocycles. The van der Waals surface area contributed by atoms with Gasteiger partial charge in [-0.2, -0.15) is 4.98 Å². The Bertz CT molecular complexity index is 807. The van der Waals surface area contributed by atoms with Gasteiger partial charge in [-0.05, 0) is 43.5 Å². The Morgan fingerprint density at radius 1 is 1.19 bits per heavy atom. The molecular weight excluding hydrogens is 264 g/mol. The number of aryl methyl sites for hydroxylation is 1. The average Bonchev–Trinajstić information content (AvgIpc) is 3.23. The first kappa shape index (κ1) is 12.5. The molecule has 0 spiro atoms. The highest BCUT2D eigenvalue weighted by atomic mass is 16.5. The van der Waals surface area contributed by atoms with Crippen LogP contribution < -0.4 is 5.73 Å². The van der Waals surface area contributed by atoms with E-state index >= 15 is 0 Å². The highest BCUT2D eigenvalue weighted by Gasteiger charge is 2.30. The molecule has 4 rings (SSSR count). The van der Waals surface area contributed by atoms with Crippen molar-refractivity contribution in [2.75, 3.05) is 0 Å². The zero-order chi connectivity index (χ0) is 14.4. The second-order valence-corrected chi connectivity index (χ2v) is 5.65. The first-order valence-electron chi connectivity index (χ1n) is 7.17. The van der Waals surface area contributed by atoms with E-state index in [2.05, 4.69) is 21.2 Å². The zero-order valence-corrected chi connectivity index (χ0v) is 11.8. The lowest BCUT2D eigenvalue weighted by molar-refractivity contribution is 0.372. The first-order valence-corrected chi connectivity index (χ1v) is 7.17. The Hall–Kier alpha value is -2.27. The number of nitrogens with zero attached hydrogens (tertiary/aromatic N) is 3. The van der Waals surface area contributed by atoms with Gasteiger partial charge in [0.15, 0.2) is 5.82 Å². The van der Waals surface area contributed by atoms with E-state index in [0.29, 0.717) is 11.7 Å². The molecule has 0 bridgehead atoms. The summed E-state index contributed by atoms with van der Waals surface area (Å²) in [5, 5.41) is 5.09. The summed E-state index contributed by atoms with van der Waals surface area (Å²) in [6, 6.07) is 9.69. The van der Waals surface area contributed by atoms with E-state index in [0.717, 1.165) is 40.9 Å². The van der Waals surface area contributed by atoms with Crippen LogP contribution in [0, 0.1) is 6.92 Å². The SMILES string of the molecule is Cc1ccc2cc(C(N)c3noc(C4CC4)n3)ccc2n1. The largest absolute Gasteiger partial charge is 0.339 e. The molecule has 1 fully saturated rings. The van der Waals surface area contributed by atoms with Crippen LogP contribution in [0.4, 0.5) is 0 Å². The van der Waals surface area contributed by atoms with Gasteiger partial charge in [-0.25, -0.2) is 0 Å². The van der Waals surface area contributed by atoms with Crippen molar-refractivity contribution >= 4 is 10.9 Å². The summed E-state index contributed by atoms with van der Waals surface area (Å²) >= 11 is 0. The number of benzene rings is 1. The van der Waals surface area contributed by atoms with Crippen molar-refractivity contribution < 1.29 is 4.52 Å². The van der Waals surface area contributed by atoms with Crippen molar-refractivity contribution in [3.8, 4) is 0 Å². The van der Waals surface area contributed by atoms with Crippen molar-refractivity contribution in [1.29, 1.82) is 0 Å². The minimum absolute atomic E-state index is 0.369. The molecule has 106 valence electrons. The highest BCUT2D eigenvalue weighted by Crippen LogP contribution is 2.39. The number of fused-ring (bicyclic) bond motifs is 1. The molecule has 0 saturated heterocycles. The number of hydrogen-bond donors (Lipinski definition) is 1. The molecule has 2 aromatic heterocycles. The van der Waals surface area contributed by atoms with Gasteiger partial charge < -0.3 is 10.3 Å². The lowest BCUT2D eigenvalue weighted by Crippen LogP contribution is -2.13. The lowest BCUT2D eigenvalue weighted by atomic mass is 10.0. The molecule has 1 saturated carbocycles. The van der Waals surface area contributed by atoms with Crippen LogP contribution in [0.2, 0.25) is 0 Å². The molecule has 1 aromatic carbocycles. The minimum Gasteiger partial charge on any atom is -0.339 e. The van der Waals surface area contributed by atoms with Crippen molar-refractivity contribution in [3.63, 3.8) is 0 Å². The van der Waals surface area contributed by atoms with Gasteiger partial charge in [-0.15, -0.1) is 0 Å². The topological polar surface area (TPSA) is 77.8 Å². The number of hydrogen-bond acceptors (Lipinski definition) is 5. The second-order valence-electron chi connectivity index (χ2n) is 5.65. The Kier molecular flexibility index (Phi) is 2.75. The van der Waals surface area contributed by atoms with Crippen LogP contribution in [-0.2, 0) is 0 Å². The minimum atomic E-state index is -0.369. The Labute approximate surface area is 122 Å².